The molecule has 6 heteroatoms. The molecule has 27 heavy (non-hydrogen) atoms. The Hall–Kier alpha value is -2.08. The number of thioether (sulfide) groups is 1. The molecule has 2 aromatic rings. The maximum atomic E-state index is 13.6. The summed E-state index contributed by atoms with van der Waals surface area (Å²) in [6, 6.07) is 6.74. The maximum absolute atomic E-state index is 13.6. The number of benzene rings is 1. The summed E-state index contributed by atoms with van der Waals surface area (Å²) in [7, 11) is 0. The average Bonchev–Trinajstić information content (AvgIpc) is 2.62. The van der Waals surface area contributed by atoms with E-state index in [-0.39, 0.29) is 11.7 Å². The molecule has 0 aliphatic carbocycles. The zero-order chi connectivity index (χ0) is 19.6. The van der Waals surface area contributed by atoms with Crippen LogP contribution < -0.4 is 10.2 Å². The zero-order valence-electron chi connectivity index (χ0n) is 16.3. The molecule has 1 aliphatic rings. The van der Waals surface area contributed by atoms with Crippen molar-refractivity contribution in [2.75, 3.05) is 34.8 Å². The zero-order valence-corrected chi connectivity index (χ0v) is 17.1. The van der Waals surface area contributed by atoms with Gasteiger partial charge in [0.1, 0.15) is 11.6 Å². The van der Waals surface area contributed by atoms with Crippen molar-refractivity contribution in [2.45, 2.75) is 27.7 Å². The first-order valence-electron chi connectivity index (χ1n) is 9.16. The summed E-state index contributed by atoms with van der Waals surface area (Å²) in [5, 5.41) is 3.00. The third kappa shape index (κ3) is 4.61. The van der Waals surface area contributed by atoms with Crippen molar-refractivity contribution in [1.82, 2.24) is 4.98 Å². The molecule has 0 spiro atoms. The van der Waals surface area contributed by atoms with Crippen molar-refractivity contribution in [3.63, 3.8) is 0 Å². The first-order valence-corrected chi connectivity index (χ1v) is 10.3. The van der Waals surface area contributed by atoms with Crippen LogP contribution in [0, 0.1) is 18.2 Å². The largest absolute Gasteiger partial charge is 0.355 e. The second-order valence-electron chi connectivity index (χ2n) is 7.85. The highest BCUT2D eigenvalue weighted by molar-refractivity contribution is 7.99. The second kappa shape index (κ2) is 7.89. The van der Waals surface area contributed by atoms with E-state index in [9.17, 15) is 9.18 Å². The van der Waals surface area contributed by atoms with Crippen LogP contribution in [0.2, 0.25) is 0 Å². The maximum Gasteiger partial charge on any atom is 0.229 e. The summed E-state index contributed by atoms with van der Waals surface area (Å²) >= 11 is 1.94. The SMILES string of the molecule is Cc1cc(F)ccc1-c1cc(N2CCSCC2)ncc1NC(=O)C(C)(C)C. The molecule has 1 fully saturated rings. The van der Waals surface area contributed by atoms with Gasteiger partial charge in [0, 0.05) is 35.6 Å². The molecule has 1 saturated heterocycles. The summed E-state index contributed by atoms with van der Waals surface area (Å²) in [6.07, 6.45) is 1.72. The summed E-state index contributed by atoms with van der Waals surface area (Å²) < 4.78 is 13.6. The van der Waals surface area contributed by atoms with E-state index < -0.39 is 5.41 Å². The van der Waals surface area contributed by atoms with Crippen LogP contribution in [0.4, 0.5) is 15.9 Å². The Morgan fingerprint density at radius 3 is 2.52 bits per heavy atom. The van der Waals surface area contributed by atoms with Gasteiger partial charge in [0.05, 0.1) is 11.9 Å². The van der Waals surface area contributed by atoms with Gasteiger partial charge in [-0.25, -0.2) is 9.37 Å². The van der Waals surface area contributed by atoms with Crippen LogP contribution in [0.1, 0.15) is 26.3 Å². The molecule has 1 amide bonds. The Bertz CT molecular complexity index is 842. The predicted molar refractivity (Wildman–Crippen MR) is 112 cm³/mol. The van der Waals surface area contributed by atoms with Gasteiger partial charge < -0.3 is 10.2 Å². The average molecular weight is 388 g/mol. The third-order valence-electron chi connectivity index (χ3n) is 4.63. The first kappa shape index (κ1) is 19.7. The fraction of sp³-hybridized carbons (Fsp3) is 0.429. The van der Waals surface area contributed by atoms with Crippen molar-refractivity contribution in [3.8, 4) is 11.1 Å². The minimum absolute atomic E-state index is 0.0764. The van der Waals surface area contributed by atoms with Gasteiger partial charge in [-0.2, -0.15) is 11.8 Å². The topological polar surface area (TPSA) is 45.2 Å². The number of hydrogen-bond donors (Lipinski definition) is 1. The number of carbonyl (C=O) groups is 1. The second-order valence-corrected chi connectivity index (χ2v) is 9.08. The van der Waals surface area contributed by atoms with Crippen molar-refractivity contribution in [1.29, 1.82) is 0 Å². The van der Waals surface area contributed by atoms with E-state index in [1.54, 1.807) is 12.3 Å². The molecule has 1 aliphatic heterocycles. The van der Waals surface area contributed by atoms with Crippen molar-refractivity contribution < 1.29 is 9.18 Å². The molecule has 0 radical (unpaired) electrons. The number of anilines is 2. The first-order chi connectivity index (χ1) is 12.8. The minimum Gasteiger partial charge on any atom is -0.355 e. The Morgan fingerprint density at radius 1 is 1.19 bits per heavy atom. The van der Waals surface area contributed by atoms with Crippen molar-refractivity contribution in [2.24, 2.45) is 5.41 Å². The van der Waals surface area contributed by atoms with Gasteiger partial charge in [0.25, 0.3) is 0 Å². The van der Waals surface area contributed by atoms with Crippen LogP contribution in [-0.4, -0.2) is 35.5 Å². The van der Waals surface area contributed by atoms with E-state index >= 15 is 0 Å². The highest BCUT2D eigenvalue weighted by Gasteiger charge is 2.23. The Labute approximate surface area is 164 Å². The van der Waals surface area contributed by atoms with Crippen molar-refractivity contribution in [3.05, 3.63) is 41.8 Å². The van der Waals surface area contributed by atoms with Crippen LogP contribution in [0.15, 0.2) is 30.5 Å². The van der Waals surface area contributed by atoms with E-state index in [1.165, 1.54) is 12.1 Å². The lowest BCUT2D eigenvalue weighted by Crippen LogP contribution is -2.33. The number of aromatic nitrogens is 1. The molecule has 0 saturated carbocycles. The van der Waals surface area contributed by atoms with Crippen LogP contribution in [0.3, 0.4) is 0 Å². The molecule has 1 N–H and O–H groups in total. The van der Waals surface area contributed by atoms with E-state index in [1.807, 2.05) is 45.5 Å². The number of rotatable bonds is 3. The molecule has 4 nitrogen and oxygen atoms in total. The van der Waals surface area contributed by atoms with E-state index in [0.717, 1.165) is 47.1 Å². The lowest BCUT2D eigenvalue weighted by atomic mass is 9.94. The van der Waals surface area contributed by atoms with Crippen LogP contribution in [-0.2, 0) is 4.79 Å². The third-order valence-corrected chi connectivity index (χ3v) is 5.58. The number of hydrogen-bond acceptors (Lipinski definition) is 4. The van der Waals surface area contributed by atoms with E-state index in [2.05, 4.69) is 15.2 Å². The molecule has 0 unspecified atom stereocenters. The van der Waals surface area contributed by atoms with Gasteiger partial charge in [-0.1, -0.05) is 26.8 Å². The molecule has 144 valence electrons. The Morgan fingerprint density at radius 2 is 1.89 bits per heavy atom. The number of nitrogens with zero attached hydrogens (tertiary/aromatic N) is 2. The molecule has 0 atom stereocenters. The predicted octanol–water partition coefficient (Wildman–Crippen LogP) is 4.73. The fourth-order valence-electron chi connectivity index (χ4n) is 2.97. The molecule has 1 aromatic heterocycles. The van der Waals surface area contributed by atoms with E-state index in [4.69, 9.17) is 0 Å². The molecular formula is C21H26FN3OS. The monoisotopic (exact) mass is 387 g/mol. The van der Waals surface area contributed by atoms with Crippen LogP contribution in [0.5, 0.6) is 0 Å². The molecule has 3 rings (SSSR count). The highest BCUT2D eigenvalue weighted by Crippen LogP contribution is 2.34. The number of pyridine rings is 1. The number of aryl methyl sites for hydroxylation is 1. The molecule has 2 heterocycles. The molecule has 1 aromatic carbocycles. The smallest absolute Gasteiger partial charge is 0.229 e. The van der Waals surface area contributed by atoms with Gasteiger partial charge in [0.2, 0.25) is 5.91 Å². The summed E-state index contributed by atoms with van der Waals surface area (Å²) in [5.41, 5.74) is 2.73. The van der Waals surface area contributed by atoms with Gasteiger partial charge in [-0.15, -0.1) is 0 Å². The van der Waals surface area contributed by atoms with Crippen LogP contribution in [0.25, 0.3) is 11.1 Å². The van der Waals surface area contributed by atoms with E-state index in [0.29, 0.717) is 5.69 Å². The Kier molecular flexibility index (Phi) is 5.75. The Balaban J connectivity index is 2.05. The lowest BCUT2D eigenvalue weighted by molar-refractivity contribution is -0.123. The van der Waals surface area contributed by atoms with Gasteiger partial charge in [0.15, 0.2) is 0 Å². The normalized spacial score (nSPS) is 14.9. The number of amides is 1. The lowest BCUT2D eigenvalue weighted by Gasteiger charge is -2.28. The van der Waals surface area contributed by atoms with Crippen molar-refractivity contribution >= 4 is 29.2 Å². The summed E-state index contributed by atoms with van der Waals surface area (Å²) in [4.78, 5) is 19.4. The minimum atomic E-state index is -0.516. The standard InChI is InChI=1S/C21H26FN3OS/c1-14-11-15(22)5-6-16(14)17-12-19(25-7-9-27-10-8-25)23-13-18(17)24-20(26)21(2,3)4/h5-6,11-13H,7-10H2,1-4H3,(H,24,26). The highest BCUT2D eigenvalue weighted by atomic mass is 32.2. The fourth-order valence-corrected chi connectivity index (χ4v) is 3.87. The van der Waals surface area contributed by atoms with Gasteiger partial charge in [-0.3, -0.25) is 4.79 Å². The van der Waals surface area contributed by atoms with Crippen LogP contribution >= 0.6 is 11.8 Å². The number of halogens is 1. The van der Waals surface area contributed by atoms with Gasteiger partial charge >= 0.3 is 0 Å². The summed E-state index contributed by atoms with van der Waals surface area (Å²) in [5.74, 6) is 2.71. The number of carbonyl (C=O) groups excluding carboxylic acids is 1. The quantitative estimate of drug-likeness (QED) is 0.827. The molecule has 0 bridgehead atoms. The van der Waals surface area contributed by atoms with Gasteiger partial charge in [-0.05, 0) is 36.2 Å². The molecular weight excluding hydrogens is 361 g/mol. The summed E-state index contributed by atoms with van der Waals surface area (Å²) in [6.45, 7) is 9.40. The number of nitrogens with one attached hydrogen (secondary N) is 1.